The van der Waals surface area contributed by atoms with Crippen LogP contribution < -0.4 is 5.56 Å². The number of hydrogen-bond acceptors (Lipinski definition) is 3. The number of para-hydroxylation sites is 1. The zero-order chi connectivity index (χ0) is 17.8. The van der Waals surface area contributed by atoms with E-state index < -0.39 is 0 Å². The van der Waals surface area contributed by atoms with Crippen molar-refractivity contribution in [1.82, 2.24) is 14.5 Å². The molecule has 0 N–H and O–H groups in total. The summed E-state index contributed by atoms with van der Waals surface area (Å²) in [6, 6.07) is 7.30. The van der Waals surface area contributed by atoms with E-state index in [4.69, 9.17) is 0 Å². The van der Waals surface area contributed by atoms with Gasteiger partial charge in [0.05, 0.1) is 10.9 Å². The second-order valence-electron chi connectivity index (χ2n) is 7.03. The molecule has 5 nitrogen and oxygen atoms in total. The Balaban J connectivity index is 1.77. The van der Waals surface area contributed by atoms with Crippen LogP contribution in [0.5, 0.6) is 0 Å². The normalized spacial score (nSPS) is 18.3. The summed E-state index contributed by atoms with van der Waals surface area (Å²) < 4.78 is 1.51. The number of aromatic nitrogens is 2. The number of nitrogens with zero attached hydrogens (tertiary/aromatic N) is 3. The molecule has 0 bridgehead atoms. The lowest BCUT2D eigenvalue weighted by Gasteiger charge is -2.22. The van der Waals surface area contributed by atoms with Gasteiger partial charge in [0.2, 0.25) is 5.91 Å². The summed E-state index contributed by atoms with van der Waals surface area (Å²) in [5, 5.41) is 0.569. The van der Waals surface area contributed by atoms with Gasteiger partial charge in [-0.25, -0.2) is 4.98 Å². The van der Waals surface area contributed by atoms with Gasteiger partial charge in [0, 0.05) is 13.1 Å². The van der Waals surface area contributed by atoms with Crippen molar-refractivity contribution < 1.29 is 4.79 Å². The summed E-state index contributed by atoms with van der Waals surface area (Å²) in [7, 11) is 0. The van der Waals surface area contributed by atoms with Crippen LogP contribution in [0.1, 0.15) is 44.9 Å². The summed E-state index contributed by atoms with van der Waals surface area (Å²) >= 11 is 0. The maximum absolute atomic E-state index is 12.8. The van der Waals surface area contributed by atoms with E-state index in [9.17, 15) is 9.59 Å². The minimum Gasteiger partial charge on any atom is -0.341 e. The van der Waals surface area contributed by atoms with Crippen LogP contribution in [0.25, 0.3) is 10.9 Å². The fraction of sp³-hybridized carbons (Fsp3) is 0.550. The van der Waals surface area contributed by atoms with Gasteiger partial charge in [0.15, 0.2) is 0 Å². The van der Waals surface area contributed by atoms with Crippen LogP contribution in [0.2, 0.25) is 0 Å². The van der Waals surface area contributed by atoms with Gasteiger partial charge >= 0.3 is 0 Å². The van der Waals surface area contributed by atoms with E-state index >= 15 is 0 Å². The third kappa shape index (κ3) is 3.91. The highest BCUT2D eigenvalue weighted by Gasteiger charge is 2.21. The van der Waals surface area contributed by atoms with Gasteiger partial charge in [-0.2, -0.15) is 0 Å². The molecule has 1 atom stereocenters. The highest BCUT2D eigenvalue weighted by molar-refractivity contribution is 5.79. The van der Waals surface area contributed by atoms with Crippen LogP contribution >= 0.6 is 0 Å². The van der Waals surface area contributed by atoms with E-state index in [2.05, 4.69) is 11.9 Å². The van der Waals surface area contributed by atoms with E-state index in [1.807, 2.05) is 23.1 Å². The first-order chi connectivity index (χ1) is 12.1. The molecule has 1 aromatic heterocycles. The van der Waals surface area contributed by atoms with Crippen LogP contribution in [0, 0.1) is 12.8 Å². The average molecular weight is 341 g/mol. The molecule has 0 saturated carbocycles. The Kier molecular flexibility index (Phi) is 5.51. The maximum Gasteiger partial charge on any atom is 0.261 e. The van der Waals surface area contributed by atoms with E-state index in [0.717, 1.165) is 31.8 Å². The maximum atomic E-state index is 12.8. The third-order valence-electron chi connectivity index (χ3n) is 5.24. The molecule has 1 saturated heterocycles. The first-order valence-electron chi connectivity index (χ1n) is 9.34. The first-order valence-corrected chi connectivity index (χ1v) is 9.34. The lowest BCUT2D eigenvalue weighted by Crippen LogP contribution is -2.38. The molecule has 134 valence electrons. The Morgan fingerprint density at radius 3 is 2.84 bits per heavy atom. The van der Waals surface area contributed by atoms with Crippen LogP contribution in [0.15, 0.2) is 29.1 Å². The summed E-state index contributed by atoms with van der Waals surface area (Å²) in [5.74, 6) is 1.35. The van der Waals surface area contributed by atoms with Crippen molar-refractivity contribution in [2.75, 3.05) is 13.1 Å². The van der Waals surface area contributed by atoms with Gasteiger partial charge in [0.1, 0.15) is 12.4 Å². The number of rotatable bonds is 4. The highest BCUT2D eigenvalue weighted by Crippen LogP contribution is 2.22. The largest absolute Gasteiger partial charge is 0.341 e. The molecule has 0 spiro atoms. The second-order valence-corrected chi connectivity index (χ2v) is 7.03. The number of likely N-dealkylation sites (tertiary alicyclic amines) is 1. The molecule has 1 aliphatic rings. The average Bonchev–Trinajstić information content (AvgIpc) is 2.84. The van der Waals surface area contributed by atoms with Gasteiger partial charge in [0.25, 0.3) is 5.56 Å². The quantitative estimate of drug-likeness (QED) is 0.858. The number of amides is 1. The summed E-state index contributed by atoms with van der Waals surface area (Å²) in [6.45, 7) is 5.70. The fourth-order valence-electron chi connectivity index (χ4n) is 3.81. The van der Waals surface area contributed by atoms with Gasteiger partial charge in [-0.1, -0.05) is 31.9 Å². The number of aryl methyl sites for hydroxylation is 1. The Labute approximate surface area is 148 Å². The van der Waals surface area contributed by atoms with Crippen LogP contribution in [0.4, 0.5) is 0 Å². The van der Waals surface area contributed by atoms with Crippen LogP contribution in [0.3, 0.4) is 0 Å². The predicted octanol–water partition coefficient (Wildman–Crippen LogP) is 3.13. The predicted molar refractivity (Wildman–Crippen MR) is 99.6 cm³/mol. The minimum absolute atomic E-state index is 0.0272. The topological polar surface area (TPSA) is 55.2 Å². The Bertz CT molecular complexity index is 812. The van der Waals surface area contributed by atoms with Crippen molar-refractivity contribution in [1.29, 1.82) is 0 Å². The molecule has 1 aliphatic heterocycles. The molecule has 1 unspecified atom stereocenters. The van der Waals surface area contributed by atoms with Gasteiger partial charge < -0.3 is 4.90 Å². The van der Waals surface area contributed by atoms with Crippen molar-refractivity contribution in [3.05, 3.63) is 40.4 Å². The number of benzene rings is 1. The number of fused-ring (bicyclic) bond motifs is 1. The molecule has 0 aliphatic carbocycles. The zero-order valence-electron chi connectivity index (χ0n) is 15.2. The molecule has 3 rings (SSSR count). The summed E-state index contributed by atoms with van der Waals surface area (Å²) in [4.78, 5) is 31.9. The fourth-order valence-corrected chi connectivity index (χ4v) is 3.81. The van der Waals surface area contributed by atoms with Crippen molar-refractivity contribution in [3.8, 4) is 0 Å². The van der Waals surface area contributed by atoms with Crippen LogP contribution in [-0.4, -0.2) is 33.4 Å². The number of carbonyl (C=O) groups is 1. The minimum atomic E-state index is -0.130. The summed E-state index contributed by atoms with van der Waals surface area (Å²) in [5.41, 5.74) is 0.556. The second kappa shape index (κ2) is 7.81. The molecule has 1 fully saturated rings. The van der Waals surface area contributed by atoms with Crippen molar-refractivity contribution >= 4 is 16.8 Å². The zero-order valence-corrected chi connectivity index (χ0v) is 15.2. The molecule has 1 aromatic carbocycles. The molecule has 2 aromatic rings. The number of hydrogen-bond donors (Lipinski definition) is 0. The van der Waals surface area contributed by atoms with Gasteiger partial charge in [-0.15, -0.1) is 0 Å². The van der Waals surface area contributed by atoms with E-state index in [1.54, 1.807) is 13.0 Å². The monoisotopic (exact) mass is 341 g/mol. The standard InChI is InChI=1S/C20H27N3O2/c1-3-7-16-8-6-12-22(13-11-16)19(24)14-23-15(2)21-18-10-5-4-9-17(18)20(23)25/h4-5,9-10,16H,3,6-8,11-14H2,1-2H3. The Morgan fingerprint density at radius 1 is 1.24 bits per heavy atom. The van der Waals surface area contributed by atoms with Crippen LogP contribution in [-0.2, 0) is 11.3 Å². The Morgan fingerprint density at radius 2 is 2.04 bits per heavy atom. The van der Waals surface area contributed by atoms with Crippen molar-refractivity contribution in [2.24, 2.45) is 5.92 Å². The third-order valence-corrected chi connectivity index (χ3v) is 5.24. The molecule has 1 amide bonds. The molecular weight excluding hydrogens is 314 g/mol. The SMILES string of the molecule is CCCC1CCCN(C(=O)Cn2c(C)nc3ccccc3c2=O)CC1. The molecular formula is C20H27N3O2. The molecule has 0 radical (unpaired) electrons. The number of carbonyl (C=O) groups excluding carboxylic acids is 1. The molecule has 5 heteroatoms. The summed E-state index contributed by atoms with van der Waals surface area (Å²) in [6.07, 6.45) is 5.78. The van der Waals surface area contributed by atoms with Crippen molar-refractivity contribution in [3.63, 3.8) is 0 Å². The van der Waals surface area contributed by atoms with Gasteiger partial charge in [-0.05, 0) is 44.2 Å². The smallest absolute Gasteiger partial charge is 0.261 e. The van der Waals surface area contributed by atoms with Crippen molar-refractivity contribution in [2.45, 2.75) is 52.5 Å². The molecule has 25 heavy (non-hydrogen) atoms. The van der Waals surface area contributed by atoms with E-state index in [0.29, 0.717) is 16.7 Å². The van der Waals surface area contributed by atoms with Gasteiger partial charge in [-0.3, -0.25) is 14.2 Å². The van der Waals surface area contributed by atoms with E-state index in [1.165, 1.54) is 23.8 Å². The van der Waals surface area contributed by atoms with E-state index in [-0.39, 0.29) is 18.0 Å². The highest BCUT2D eigenvalue weighted by atomic mass is 16.2. The lowest BCUT2D eigenvalue weighted by molar-refractivity contribution is -0.131. The Hall–Kier alpha value is -2.17. The first kappa shape index (κ1) is 17.6. The lowest BCUT2D eigenvalue weighted by atomic mass is 9.96. The molecule has 2 heterocycles.